The highest BCUT2D eigenvalue weighted by atomic mass is 35.5. The smallest absolute Gasteiger partial charge is 0.251 e. The second kappa shape index (κ2) is 6.84. The van der Waals surface area contributed by atoms with Gasteiger partial charge in [-0.05, 0) is 43.2 Å². The minimum Gasteiger partial charge on any atom is -0.367 e. The highest BCUT2D eigenvalue weighted by Gasteiger charge is 2.25. The van der Waals surface area contributed by atoms with E-state index in [1.165, 1.54) is 5.69 Å². The quantitative estimate of drug-likeness (QED) is 0.932. The van der Waals surface area contributed by atoms with E-state index in [1.807, 2.05) is 6.07 Å². The molecule has 0 bridgehead atoms. The lowest BCUT2D eigenvalue weighted by molar-refractivity contribution is 0.0951. The summed E-state index contributed by atoms with van der Waals surface area (Å²) in [6, 6.07) is 17.8. The summed E-state index contributed by atoms with van der Waals surface area (Å²) in [5.41, 5.74) is 1.83. The number of nitrogens with zero attached hydrogens (tertiary/aromatic N) is 1. The fourth-order valence-electron chi connectivity index (χ4n) is 2.95. The van der Waals surface area contributed by atoms with Crippen LogP contribution >= 0.6 is 11.6 Å². The number of hydrogen-bond donors (Lipinski definition) is 1. The molecule has 3 nitrogen and oxygen atoms in total. The van der Waals surface area contributed by atoms with Crippen LogP contribution in [0.4, 0.5) is 5.69 Å². The third-order valence-corrected chi connectivity index (χ3v) is 4.29. The van der Waals surface area contributed by atoms with E-state index in [0.717, 1.165) is 19.4 Å². The fraction of sp³-hybridized carbons (Fsp3) is 0.278. The summed E-state index contributed by atoms with van der Waals surface area (Å²) < 4.78 is 0. The van der Waals surface area contributed by atoms with E-state index in [-0.39, 0.29) is 5.91 Å². The van der Waals surface area contributed by atoms with Crippen LogP contribution in [0.5, 0.6) is 0 Å². The first-order valence-corrected chi connectivity index (χ1v) is 7.97. The van der Waals surface area contributed by atoms with Gasteiger partial charge in [-0.2, -0.15) is 0 Å². The highest BCUT2D eigenvalue weighted by molar-refractivity contribution is 6.30. The number of benzene rings is 2. The lowest BCUT2D eigenvalue weighted by atomic mass is 10.1. The van der Waals surface area contributed by atoms with Crippen molar-refractivity contribution in [2.24, 2.45) is 0 Å². The standard InChI is InChI=1S/C18H19ClN2O/c19-15-7-4-6-14(12-15)18(22)20-13-17-10-5-11-21(17)16-8-2-1-3-9-16/h1-4,6-9,12,17H,5,10-11,13H2,(H,20,22)/t17-/m0/s1. The first kappa shape index (κ1) is 14.9. The van der Waals surface area contributed by atoms with E-state index in [1.54, 1.807) is 24.3 Å². The van der Waals surface area contributed by atoms with Gasteiger partial charge in [0.05, 0.1) is 0 Å². The first-order valence-electron chi connectivity index (χ1n) is 7.59. The van der Waals surface area contributed by atoms with Gasteiger partial charge in [-0.15, -0.1) is 0 Å². The predicted octanol–water partition coefficient (Wildman–Crippen LogP) is 3.74. The van der Waals surface area contributed by atoms with Gasteiger partial charge in [0.2, 0.25) is 0 Å². The van der Waals surface area contributed by atoms with Crippen LogP contribution < -0.4 is 10.2 Å². The van der Waals surface area contributed by atoms with Gasteiger partial charge in [0.25, 0.3) is 5.91 Å². The number of para-hydroxylation sites is 1. The van der Waals surface area contributed by atoms with E-state index in [0.29, 0.717) is 23.2 Å². The molecule has 2 aromatic carbocycles. The number of amides is 1. The van der Waals surface area contributed by atoms with Gasteiger partial charge in [0.15, 0.2) is 0 Å². The number of carbonyl (C=O) groups excluding carboxylic acids is 1. The van der Waals surface area contributed by atoms with Gasteiger partial charge in [-0.1, -0.05) is 35.9 Å². The van der Waals surface area contributed by atoms with Crippen LogP contribution in [0.15, 0.2) is 54.6 Å². The van der Waals surface area contributed by atoms with Crippen molar-refractivity contribution in [3.8, 4) is 0 Å². The Labute approximate surface area is 135 Å². The minimum absolute atomic E-state index is 0.0672. The Bertz CT molecular complexity index is 645. The second-order valence-corrected chi connectivity index (χ2v) is 5.98. The van der Waals surface area contributed by atoms with Crippen molar-refractivity contribution in [2.45, 2.75) is 18.9 Å². The topological polar surface area (TPSA) is 32.3 Å². The van der Waals surface area contributed by atoms with Crippen LogP contribution in [-0.2, 0) is 0 Å². The number of nitrogens with one attached hydrogen (secondary N) is 1. The Hall–Kier alpha value is -2.00. The summed E-state index contributed by atoms with van der Waals surface area (Å²) in [5, 5.41) is 3.61. The van der Waals surface area contributed by atoms with Gasteiger partial charge in [0, 0.05) is 35.4 Å². The van der Waals surface area contributed by atoms with Crippen molar-refractivity contribution in [3.63, 3.8) is 0 Å². The van der Waals surface area contributed by atoms with Crippen LogP contribution in [0.3, 0.4) is 0 Å². The van der Waals surface area contributed by atoms with Crippen LogP contribution in [0, 0.1) is 0 Å². The number of halogens is 1. The van der Waals surface area contributed by atoms with Crippen molar-refractivity contribution in [2.75, 3.05) is 18.0 Å². The molecule has 4 heteroatoms. The maximum atomic E-state index is 12.2. The molecule has 1 amide bonds. The van der Waals surface area contributed by atoms with E-state index >= 15 is 0 Å². The van der Waals surface area contributed by atoms with Gasteiger partial charge in [-0.25, -0.2) is 0 Å². The fourth-order valence-corrected chi connectivity index (χ4v) is 3.14. The number of carbonyl (C=O) groups is 1. The zero-order valence-corrected chi connectivity index (χ0v) is 13.1. The van der Waals surface area contributed by atoms with Gasteiger partial charge in [0.1, 0.15) is 0 Å². The molecule has 1 N–H and O–H groups in total. The molecular formula is C18H19ClN2O. The average molecular weight is 315 g/mol. The Kier molecular flexibility index (Phi) is 4.64. The lowest BCUT2D eigenvalue weighted by Gasteiger charge is -2.27. The average Bonchev–Trinajstić information content (AvgIpc) is 3.02. The molecule has 1 heterocycles. The third-order valence-electron chi connectivity index (χ3n) is 4.05. The first-order chi connectivity index (χ1) is 10.7. The van der Waals surface area contributed by atoms with Crippen molar-refractivity contribution in [1.29, 1.82) is 0 Å². The minimum atomic E-state index is -0.0672. The maximum absolute atomic E-state index is 12.2. The van der Waals surface area contributed by atoms with Gasteiger partial charge < -0.3 is 10.2 Å². The summed E-state index contributed by atoms with van der Waals surface area (Å²) in [7, 11) is 0. The number of rotatable bonds is 4. The highest BCUT2D eigenvalue weighted by Crippen LogP contribution is 2.24. The van der Waals surface area contributed by atoms with Gasteiger partial charge in [-0.3, -0.25) is 4.79 Å². The Morgan fingerprint density at radius 3 is 2.77 bits per heavy atom. The molecule has 114 valence electrons. The Balaban J connectivity index is 1.62. The summed E-state index contributed by atoms with van der Waals surface area (Å²) in [4.78, 5) is 14.6. The van der Waals surface area contributed by atoms with Crippen molar-refractivity contribution >= 4 is 23.2 Å². The molecule has 1 aliphatic heterocycles. The summed E-state index contributed by atoms with van der Waals surface area (Å²) in [5.74, 6) is -0.0672. The van der Waals surface area contributed by atoms with E-state index < -0.39 is 0 Å². The van der Waals surface area contributed by atoms with Crippen LogP contribution in [0.2, 0.25) is 5.02 Å². The summed E-state index contributed by atoms with van der Waals surface area (Å²) in [6.45, 7) is 1.70. The molecule has 0 radical (unpaired) electrons. The maximum Gasteiger partial charge on any atom is 0.251 e. The van der Waals surface area contributed by atoms with Crippen LogP contribution in [-0.4, -0.2) is 25.0 Å². The SMILES string of the molecule is O=C(NC[C@@H]1CCCN1c1ccccc1)c1cccc(Cl)c1. The van der Waals surface area contributed by atoms with Gasteiger partial charge >= 0.3 is 0 Å². The lowest BCUT2D eigenvalue weighted by Crippen LogP contribution is -2.40. The third kappa shape index (κ3) is 3.42. The number of anilines is 1. The number of hydrogen-bond acceptors (Lipinski definition) is 2. The molecule has 0 unspecified atom stereocenters. The van der Waals surface area contributed by atoms with Crippen LogP contribution in [0.1, 0.15) is 23.2 Å². The van der Waals surface area contributed by atoms with Crippen molar-refractivity contribution < 1.29 is 4.79 Å². The molecule has 1 atom stereocenters. The Morgan fingerprint density at radius 1 is 1.18 bits per heavy atom. The zero-order chi connectivity index (χ0) is 15.4. The predicted molar refractivity (Wildman–Crippen MR) is 90.6 cm³/mol. The zero-order valence-electron chi connectivity index (χ0n) is 12.3. The van der Waals surface area contributed by atoms with Crippen LogP contribution in [0.25, 0.3) is 0 Å². The molecule has 1 aliphatic rings. The largest absolute Gasteiger partial charge is 0.367 e. The normalized spacial score (nSPS) is 17.5. The van der Waals surface area contributed by atoms with Crippen molar-refractivity contribution in [3.05, 3.63) is 65.2 Å². The van der Waals surface area contributed by atoms with E-state index in [2.05, 4.69) is 34.5 Å². The molecule has 1 saturated heterocycles. The van der Waals surface area contributed by atoms with E-state index in [9.17, 15) is 4.79 Å². The molecule has 22 heavy (non-hydrogen) atoms. The molecule has 0 saturated carbocycles. The molecule has 3 rings (SSSR count). The Morgan fingerprint density at radius 2 is 2.00 bits per heavy atom. The monoisotopic (exact) mass is 314 g/mol. The molecule has 1 fully saturated rings. The molecule has 0 aliphatic carbocycles. The summed E-state index contributed by atoms with van der Waals surface area (Å²) in [6.07, 6.45) is 2.26. The molecular weight excluding hydrogens is 296 g/mol. The molecule has 0 spiro atoms. The van der Waals surface area contributed by atoms with Crippen molar-refractivity contribution in [1.82, 2.24) is 5.32 Å². The molecule has 0 aromatic heterocycles. The second-order valence-electron chi connectivity index (χ2n) is 5.55. The summed E-state index contributed by atoms with van der Waals surface area (Å²) >= 11 is 5.93. The molecule has 2 aromatic rings. The van der Waals surface area contributed by atoms with E-state index in [4.69, 9.17) is 11.6 Å².